The Hall–Kier alpha value is -3.94. The highest BCUT2D eigenvalue weighted by Crippen LogP contribution is 2.26. The summed E-state index contributed by atoms with van der Waals surface area (Å²) in [5.41, 5.74) is 5.65. The number of hydrogen-bond donors (Lipinski definition) is 1. The van der Waals surface area contributed by atoms with Gasteiger partial charge in [-0.3, -0.25) is 4.79 Å². The Bertz CT molecular complexity index is 1210. The Balaban J connectivity index is 1.58. The molecule has 4 rings (SSSR count). The highest BCUT2D eigenvalue weighted by atomic mass is 16.6. The number of carboxylic acids is 1. The number of carbonyl (C=O) groups excluding carboxylic acids is 1. The third kappa shape index (κ3) is 6.38. The van der Waals surface area contributed by atoms with Gasteiger partial charge in [0, 0.05) is 31.5 Å². The van der Waals surface area contributed by atoms with Gasteiger partial charge in [-0.25, -0.2) is 4.79 Å². The Morgan fingerprint density at radius 1 is 0.944 bits per heavy atom. The van der Waals surface area contributed by atoms with Crippen LogP contribution >= 0.6 is 0 Å². The maximum Gasteiger partial charge on any atom is 0.328 e. The van der Waals surface area contributed by atoms with E-state index in [4.69, 9.17) is 14.6 Å². The predicted molar refractivity (Wildman–Crippen MR) is 141 cm³/mol. The summed E-state index contributed by atoms with van der Waals surface area (Å²) in [7, 11) is 4.03. The van der Waals surface area contributed by atoms with Crippen molar-refractivity contribution < 1.29 is 24.2 Å². The van der Waals surface area contributed by atoms with E-state index in [0.29, 0.717) is 31.0 Å². The molecule has 1 aliphatic rings. The fourth-order valence-electron chi connectivity index (χ4n) is 4.00. The second kappa shape index (κ2) is 11.7. The molecule has 1 aliphatic heterocycles. The first-order chi connectivity index (χ1) is 17.4. The van der Waals surface area contributed by atoms with Crippen LogP contribution in [0.15, 0.2) is 78.9 Å². The van der Waals surface area contributed by atoms with Crippen molar-refractivity contribution in [2.24, 2.45) is 0 Å². The van der Waals surface area contributed by atoms with Crippen molar-refractivity contribution in [2.75, 3.05) is 43.7 Å². The normalized spacial score (nSPS) is 15.6. The SMILES string of the molecule is CN(C)c1ccc(-c2ccc(CN(C(=O)C3COCCO3)c3cccc(C=CC(=O)O)c3)cc2)cc1. The molecule has 0 aliphatic carbocycles. The van der Waals surface area contributed by atoms with E-state index in [1.54, 1.807) is 23.1 Å². The molecule has 1 amide bonds. The van der Waals surface area contributed by atoms with Crippen molar-refractivity contribution in [1.82, 2.24) is 0 Å². The molecule has 186 valence electrons. The van der Waals surface area contributed by atoms with E-state index in [2.05, 4.69) is 41.3 Å². The van der Waals surface area contributed by atoms with Crippen molar-refractivity contribution in [3.05, 3.63) is 90.0 Å². The molecule has 7 nitrogen and oxygen atoms in total. The highest BCUT2D eigenvalue weighted by molar-refractivity contribution is 5.97. The minimum absolute atomic E-state index is 0.197. The zero-order chi connectivity index (χ0) is 25.5. The van der Waals surface area contributed by atoms with Gasteiger partial charge in [0.15, 0.2) is 6.10 Å². The molecule has 0 aromatic heterocycles. The van der Waals surface area contributed by atoms with Gasteiger partial charge >= 0.3 is 5.97 Å². The summed E-state index contributed by atoms with van der Waals surface area (Å²) < 4.78 is 11.1. The molecule has 1 fully saturated rings. The molecule has 7 heteroatoms. The van der Waals surface area contributed by atoms with Crippen LogP contribution in [-0.2, 0) is 25.6 Å². The number of carbonyl (C=O) groups is 2. The second-order valence-electron chi connectivity index (χ2n) is 8.76. The average Bonchev–Trinajstić information content (AvgIpc) is 2.91. The summed E-state index contributed by atoms with van der Waals surface area (Å²) in [5, 5.41) is 8.97. The van der Waals surface area contributed by atoms with Gasteiger partial charge in [-0.15, -0.1) is 0 Å². The van der Waals surface area contributed by atoms with E-state index >= 15 is 0 Å². The van der Waals surface area contributed by atoms with Crippen LogP contribution in [0.4, 0.5) is 11.4 Å². The maximum absolute atomic E-state index is 13.5. The van der Waals surface area contributed by atoms with Crippen molar-refractivity contribution in [3.8, 4) is 11.1 Å². The molecule has 36 heavy (non-hydrogen) atoms. The van der Waals surface area contributed by atoms with Crippen LogP contribution in [0.5, 0.6) is 0 Å². The van der Waals surface area contributed by atoms with Gasteiger partial charge in [-0.1, -0.05) is 48.5 Å². The van der Waals surface area contributed by atoms with Crippen LogP contribution in [0.2, 0.25) is 0 Å². The summed E-state index contributed by atoms with van der Waals surface area (Å²) >= 11 is 0. The lowest BCUT2D eigenvalue weighted by Crippen LogP contribution is -2.45. The van der Waals surface area contributed by atoms with E-state index in [9.17, 15) is 9.59 Å². The van der Waals surface area contributed by atoms with Gasteiger partial charge in [0.25, 0.3) is 5.91 Å². The number of amides is 1. The van der Waals surface area contributed by atoms with Gasteiger partial charge in [0.1, 0.15) is 0 Å². The molecular formula is C29H30N2O5. The predicted octanol–water partition coefficient (Wildman–Crippen LogP) is 4.47. The standard InChI is InChI=1S/C29H30N2O5/c1-30(2)25-13-11-24(12-14-25)23-9-6-22(7-10-23)19-31(29(34)27-20-35-16-17-36-27)26-5-3-4-21(18-26)8-15-28(32)33/h3-15,18,27H,16-17,19-20H2,1-2H3,(H,32,33). The van der Waals surface area contributed by atoms with E-state index in [1.165, 1.54) is 6.08 Å². The number of hydrogen-bond acceptors (Lipinski definition) is 5. The van der Waals surface area contributed by atoms with Gasteiger partial charge in [-0.2, -0.15) is 0 Å². The molecule has 1 N–H and O–H groups in total. The van der Waals surface area contributed by atoms with E-state index in [1.807, 2.05) is 32.3 Å². The topological polar surface area (TPSA) is 79.3 Å². The Morgan fingerprint density at radius 2 is 1.64 bits per heavy atom. The molecule has 0 saturated carbocycles. The largest absolute Gasteiger partial charge is 0.478 e. The smallest absolute Gasteiger partial charge is 0.328 e. The number of ether oxygens (including phenoxy) is 2. The third-order valence-corrected chi connectivity index (χ3v) is 5.97. The Kier molecular flexibility index (Phi) is 8.15. The molecule has 1 unspecified atom stereocenters. The molecule has 3 aromatic rings. The zero-order valence-corrected chi connectivity index (χ0v) is 20.5. The summed E-state index contributed by atoms with van der Waals surface area (Å²) in [4.78, 5) is 28.1. The second-order valence-corrected chi connectivity index (χ2v) is 8.76. The average molecular weight is 487 g/mol. The van der Waals surface area contributed by atoms with E-state index in [-0.39, 0.29) is 12.5 Å². The molecule has 1 heterocycles. The number of benzene rings is 3. The highest BCUT2D eigenvalue weighted by Gasteiger charge is 2.29. The quantitative estimate of drug-likeness (QED) is 0.474. The fourth-order valence-corrected chi connectivity index (χ4v) is 4.00. The maximum atomic E-state index is 13.5. The number of anilines is 2. The summed E-state index contributed by atoms with van der Waals surface area (Å²) in [6, 6.07) is 23.7. The van der Waals surface area contributed by atoms with Gasteiger partial charge < -0.3 is 24.4 Å². The first-order valence-corrected chi connectivity index (χ1v) is 11.8. The molecule has 0 bridgehead atoms. The molecular weight excluding hydrogens is 456 g/mol. The molecule has 3 aromatic carbocycles. The van der Waals surface area contributed by atoms with Crippen molar-refractivity contribution in [1.29, 1.82) is 0 Å². The molecule has 0 radical (unpaired) electrons. The lowest BCUT2D eigenvalue weighted by Gasteiger charge is -2.30. The van der Waals surface area contributed by atoms with Gasteiger partial charge in [-0.05, 0) is 52.6 Å². The minimum atomic E-state index is -1.03. The minimum Gasteiger partial charge on any atom is -0.478 e. The van der Waals surface area contributed by atoms with Crippen molar-refractivity contribution in [3.63, 3.8) is 0 Å². The molecule has 1 saturated heterocycles. The summed E-state index contributed by atoms with van der Waals surface area (Å²) in [5.74, 6) is -1.23. The van der Waals surface area contributed by atoms with Crippen LogP contribution in [0.1, 0.15) is 11.1 Å². The van der Waals surface area contributed by atoms with Crippen LogP contribution < -0.4 is 9.80 Å². The van der Waals surface area contributed by atoms with Gasteiger partial charge in [0.2, 0.25) is 0 Å². The fraction of sp³-hybridized carbons (Fsp3) is 0.241. The summed E-state index contributed by atoms with van der Waals surface area (Å²) in [6.45, 7) is 1.38. The number of aliphatic carboxylic acids is 1. The van der Waals surface area contributed by atoms with Crippen molar-refractivity contribution in [2.45, 2.75) is 12.6 Å². The number of carboxylic acid groups (broad SMARTS) is 1. The monoisotopic (exact) mass is 486 g/mol. The van der Waals surface area contributed by atoms with E-state index < -0.39 is 12.1 Å². The number of nitrogens with zero attached hydrogens (tertiary/aromatic N) is 2. The molecule has 1 atom stereocenters. The zero-order valence-electron chi connectivity index (χ0n) is 20.5. The Morgan fingerprint density at radius 3 is 2.25 bits per heavy atom. The third-order valence-electron chi connectivity index (χ3n) is 5.97. The van der Waals surface area contributed by atoms with Crippen LogP contribution in [0.3, 0.4) is 0 Å². The Labute approximate surface area is 211 Å². The lowest BCUT2D eigenvalue weighted by molar-refractivity contribution is -0.145. The van der Waals surface area contributed by atoms with Crippen molar-refractivity contribution >= 4 is 29.3 Å². The van der Waals surface area contributed by atoms with Crippen LogP contribution in [-0.4, -0.2) is 57.0 Å². The van der Waals surface area contributed by atoms with Crippen LogP contribution in [0, 0.1) is 0 Å². The lowest BCUT2D eigenvalue weighted by atomic mass is 10.0. The van der Waals surface area contributed by atoms with Crippen LogP contribution in [0.25, 0.3) is 17.2 Å². The first kappa shape index (κ1) is 25.2. The number of rotatable bonds is 8. The molecule has 0 spiro atoms. The summed E-state index contributed by atoms with van der Waals surface area (Å²) in [6.07, 6.45) is 1.89. The first-order valence-electron chi connectivity index (χ1n) is 11.8. The van der Waals surface area contributed by atoms with Gasteiger partial charge in [0.05, 0.1) is 26.4 Å². The van der Waals surface area contributed by atoms with E-state index in [0.717, 1.165) is 28.5 Å².